The van der Waals surface area contributed by atoms with Crippen molar-refractivity contribution in [3.8, 4) is 44.8 Å². The highest BCUT2D eigenvalue weighted by molar-refractivity contribution is 6.11. The van der Waals surface area contributed by atoms with Crippen molar-refractivity contribution in [1.29, 1.82) is 0 Å². The molecule has 9 aromatic carbocycles. The first kappa shape index (κ1) is 30.5. The molecule has 252 valence electrons. The lowest BCUT2D eigenvalue weighted by Gasteiger charge is -2.11. The Bertz CT molecular complexity index is 3200. The van der Waals surface area contributed by atoms with Crippen LogP contribution < -0.4 is 0 Å². The molecule has 54 heavy (non-hydrogen) atoms. The van der Waals surface area contributed by atoms with Crippen molar-refractivity contribution in [2.24, 2.45) is 0 Å². The first-order valence-corrected chi connectivity index (χ1v) is 18.6. The summed E-state index contributed by atoms with van der Waals surface area (Å²) in [4.78, 5) is 0. The standard InChI is InChI=1S/C52H34N2/c1-2-11-35(12-3-1)40-15-10-16-43(31-40)54-49-19-8-6-17-45(49)47-29-26-42(34-52(47)54)38-23-21-37(22-24-38)41-27-30-51-48(33-41)46-18-7-9-20-50(46)53(51)44-28-25-36-13-4-5-14-39(36)32-44/h1-34H. The van der Waals surface area contributed by atoms with E-state index in [1.165, 1.54) is 93.5 Å². The summed E-state index contributed by atoms with van der Waals surface area (Å²) in [6.07, 6.45) is 0. The summed E-state index contributed by atoms with van der Waals surface area (Å²) in [7, 11) is 0. The van der Waals surface area contributed by atoms with Gasteiger partial charge >= 0.3 is 0 Å². The summed E-state index contributed by atoms with van der Waals surface area (Å²) in [6.45, 7) is 0. The fourth-order valence-corrected chi connectivity index (χ4v) is 8.49. The molecule has 0 amide bonds. The summed E-state index contributed by atoms with van der Waals surface area (Å²) in [5.74, 6) is 0. The van der Waals surface area contributed by atoms with Gasteiger partial charge in [0.25, 0.3) is 0 Å². The fraction of sp³-hybridized carbons (Fsp3) is 0. The van der Waals surface area contributed by atoms with Crippen molar-refractivity contribution in [2.75, 3.05) is 0 Å². The van der Waals surface area contributed by atoms with E-state index in [9.17, 15) is 0 Å². The zero-order valence-corrected chi connectivity index (χ0v) is 29.5. The molecule has 2 nitrogen and oxygen atoms in total. The summed E-state index contributed by atoms with van der Waals surface area (Å²) in [5, 5.41) is 7.54. The van der Waals surface area contributed by atoms with Gasteiger partial charge in [-0.3, -0.25) is 0 Å². The molecule has 2 heteroatoms. The van der Waals surface area contributed by atoms with Gasteiger partial charge in [-0.15, -0.1) is 0 Å². The normalized spacial score (nSPS) is 11.7. The number of rotatable bonds is 5. The van der Waals surface area contributed by atoms with Gasteiger partial charge in [0.2, 0.25) is 0 Å². The van der Waals surface area contributed by atoms with E-state index in [2.05, 4.69) is 215 Å². The Hall–Kier alpha value is -7.16. The number of aromatic nitrogens is 2. The summed E-state index contributed by atoms with van der Waals surface area (Å²) in [6, 6.07) is 75.2. The molecule has 2 heterocycles. The van der Waals surface area contributed by atoms with E-state index in [-0.39, 0.29) is 0 Å². The number of hydrogen-bond acceptors (Lipinski definition) is 0. The van der Waals surface area contributed by atoms with Gasteiger partial charge in [-0.25, -0.2) is 0 Å². The molecule has 0 aliphatic rings. The van der Waals surface area contributed by atoms with E-state index in [0.29, 0.717) is 0 Å². The second kappa shape index (κ2) is 12.2. The van der Waals surface area contributed by atoms with Crippen molar-refractivity contribution in [2.45, 2.75) is 0 Å². The lowest BCUT2D eigenvalue weighted by molar-refractivity contribution is 1.18. The van der Waals surface area contributed by atoms with Crippen LogP contribution in [0.2, 0.25) is 0 Å². The minimum Gasteiger partial charge on any atom is -0.309 e. The molecule has 0 aliphatic carbocycles. The van der Waals surface area contributed by atoms with Crippen molar-refractivity contribution < 1.29 is 0 Å². The number of nitrogens with zero attached hydrogens (tertiary/aromatic N) is 2. The Labute approximate surface area is 313 Å². The van der Waals surface area contributed by atoms with Gasteiger partial charge in [-0.1, -0.05) is 152 Å². The molecule has 0 spiro atoms. The third-order valence-corrected chi connectivity index (χ3v) is 11.1. The van der Waals surface area contributed by atoms with E-state index >= 15 is 0 Å². The first-order valence-electron chi connectivity index (χ1n) is 18.6. The molecule has 0 atom stereocenters. The van der Waals surface area contributed by atoms with Crippen LogP contribution in [0.25, 0.3) is 99.1 Å². The summed E-state index contributed by atoms with van der Waals surface area (Å²) in [5.41, 5.74) is 14.4. The van der Waals surface area contributed by atoms with Gasteiger partial charge in [-0.2, -0.15) is 0 Å². The average Bonchev–Trinajstić information content (AvgIpc) is 3.76. The SMILES string of the molecule is c1ccc(-c2cccc(-n3c4ccccc4c4ccc(-c5ccc(-c6ccc7c(c6)c6ccccc6n7-c6ccc7ccccc7c6)cc5)cc43)c2)cc1. The van der Waals surface area contributed by atoms with Gasteiger partial charge in [0.1, 0.15) is 0 Å². The van der Waals surface area contributed by atoms with Crippen LogP contribution in [0.15, 0.2) is 206 Å². The van der Waals surface area contributed by atoms with Gasteiger partial charge in [-0.05, 0) is 98.8 Å². The molecule has 0 saturated heterocycles. The monoisotopic (exact) mass is 686 g/mol. The van der Waals surface area contributed by atoms with Crippen molar-refractivity contribution in [1.82, 2.24) is 9.13 Å². The summed E-state index contributed by atoms with van der Waals surface area (Å²) >= 11 is 0. The molecule has 0 unspecified atom stereocenters. The van der Waals surface area contributed by atoms with Crippen molar-refractivity contribution in [3.63, 3.8) is 0 Å². The van der Waals surface area contributed by atoms with Gasteiger partial charge < -0.3 is 9.13 Å². The third-order valence-electron chi connectivity index (χ3n) is 11.1. The van der Waals surface area contributed by atoms with Gasteiger partial charge in [0.15, 0.2) is 0 Å². The average molecular weight is 687 g/mol. The Morgan fingerprint density at radius 2 is 0.722 bits per heavy atom. The largest absolute Gasteiger partial charge is 0.309 e. The zero-order chi connectivity index (χ0) is 35.6. The molecule has 0 radical (unpaired) electrons. The Kier molecular flexibility index (Phi) is 6.90. The fourth-order valence-electron chi connectivity index (χ4n) is 8.49. The quantitative estimate of drug-likeness (QED) is 0.171. The molecular weight excluding hydrogens is 653 g/mol. The van der Waals surface area contributed by atoms with Crippen LogP contribution in [0.1, 0.15) is 0 Å². The minimum absolute atomic E-state index is 1.16. The number of fused-ring (bicyclic) bond motifs is 7. The van der Waals surface area contributed by atoms with Crippen molar-refractivity contribution in [3.05, 3.63) is 206 Å². The van der Waals surface area contributed by atoms with Crippen molar-refractivity contribution >= 4 is 54.4 Å². The lowest BCUT2D eigenvalue weighted by atomic mass is 9.98. The molecule has 11 aromatic rings. The number of benzene rings is 9. The minimum atomic E-state index is 1.16. The molecule has 11 rings (SSSR count). The predicted molar refractivity (Wildman–Crippen MR) is 229 cm³/mol. The highest BCUT2D eigenvalue weighted by Gasteiger charge is 2.16. The maximum absolute atomic E-state index is 2.42. The van der Waals surface area contributed by atoms with E-state index in [1.54, 1.807) is 0 Å². The number of hydrogen-bond donors (Lipinski definition) is 0. The highest BCUT2D eigenvalue weighted by atomic mass is 15.0. The Morgan fingerprint density at radius 3 is 1.50 bits per heavy atom. The molecule has 0 bridgehead atoms. The van der Waals surface area contributed by atoms with Crippen LogP contribution in [0, 0.1) is 0 Å². The summed E-state index contributed by atoms with van der Waals surface area (Å²) < 4.78 is 4.82. The van der Waals surface area contributed by atoms with E-state index in [4.69, 9.17) is 0 Å². The maximum Gasteiger partial charge on any atom is 0.0547 e. The van der Waals surface area contributed by atoms with Crippen LogP contribution >= 0.6 is 0 Å². The van der Waals surface area contributed by atoms with Crippen LogP contribution in [-0.2, 0) is 0 Å². The third kappa shape index (κ3) is 4.88. The van der Waals surface area contributed by atoms with E-state index < -0.39 is 0 Å². The number of para-hydroxylation sites is 2. The molecule has 2 aromatic heterocycles. The molecule has 0 N–H and O–H groups in total. The van der Waals surface area contributed by atoms with E-state index in [0.717, 1.165) is 5.69 Å². The van der Waals surface area contributed by atoms with Crippen LogP contribution in [0.4, 0.5) is 0 Å². The Balaban J connectivity index is 0.989. The zero-order valence-electron chi connectivity index (χ0n) is 29.5. The topological polar surface area (TPSA) is 9.86 Å². The predicted octanol–water partition coefficient (Wildman–Crippen LogP) is 14.0. The van der Waals surface area contributed by atoms with Gasteiger partial charge in [0, 0.05) is 32.9 Å². The lowest BCUT2D eigenvalue weighted by Crippen LogP contribution is -1.94. The smallest absolute Gasteiger partial charge is 0.0547 e. The molecule has 0 aliphatic heterocycles. The highest BCUT2D eigenvalue weighted by Crippen LogP contribution is 2.38. The molecular formula is C52H34N2. The van der Waals surface area contributed by atoms with Crippen LogP contribution in [-0.4, -0.2) is 9.13 Å². The second-order valence-electron chi connectivity index (χ2n) is 14.2. The molecule has 0 saturated carbocycles. The van der Waals surface area contributed by atoms with Crippen LogP contribution in [0.3, 0.4) is 0 Å². The first-order chi connectivity index (χ1) is 26.8. The molecule has 0 fully saturated rings. The van der Waals surface area contributed by atoms with Crippen LogP contribution in [0.5, 0.6) is 0 Å². The van der Waals surface area contributed by atoms with E-state index in [1.807, 2.05) is 0 Å². The second-order valence-corrected chi connectivity index (χ2v) is 14.2. The Morgan fingerprint density at radius 1 is 0.222 bits per heavy atom. The van der Waals surface area contributed by atoms with Gasteiger partial charge in [0.05, 0.1) is 22.1 Å². The maximum atomic E-state index is 2.42.